The van der Waals surface area contributed by atoms with E-state index in [1.807, 2.05) is 0 Å². The van der Waals surface area contributed by atoms with E-state index < -0.39 is 0 Å². The van der Waals surface area contributed by atoms with Gasteiger partial charge in [-0.3, -0.25) is 0 Å². The standard InChI is InChI=1S/C6H6O2.2C4H10O3/c7-5-1-2-6(8)4-3-5;2*5-1-3-7-4-2-6/h1-4,7-8H;2*5-6H,1-4H2. The predicted molar refractivity (Wildman–Crippen MR) is 79.8 cm³/mol. The Kier molecular flexibility index (Phi) is 20.3. The predicted octanol–water partition coefficient (Wildman–Crippen LogP) is -0.927. The molecule has 0 bridgehead atoms. The van der Waals surface area contributed by atoms with Crippen LogP contribution in [0.25, 0.3) is 0 Å². The Bertz CT molecular complexity index is 265. The van der Waals surface area contributed by atoms with Crippen LogP contribution >= 0.6 is 0 Å². The SMILES string of the molecule is OCCOCCO.OCCOCCO.Oc1ccc(O)cc1. The molecule has 0 aromatic heterocycles. The molecule has 0 radical (unpaired) electrons. The van der Waals surface area contributed by atoms with E-state index >= 15 is 0 Å². The second kappa shape index (κ2) is 19.6. The summed E-state index contributed by atoms with van der Waals surface area (Å²) in [6.45, 7) is 1.39. The van der Waals surface area contributed by atoms with Gasteiger partial charge >= 0.3 is 0 Å². The molecule has 0 aliphatic carbocycles. The summed E-state index contributed by atoms with van der Waals surface area (Å²) >= 11 is 0. The Balaban J connectivity index is 0. The Morgan fingerprint density at radius 3 is 0.955 bits per heavy atom. The molecule has 130 valence electrons. The second-order valence-corrected chi connectivity index (χ2v) is 3.64. The lowest BCUT2D eigenvalue weighted by atomic mass is 10.3. The third-order valence-electron chi connectivity index (χ3n) is 1.79. The van der Waals surface area contributed by atoms with E-state index in [-0.39, 0.29) is 37.9 Å². The van der Waals surface area contributed by atoms with Crippen LogP contribution in [0.2, 0.25) is 0 Å². The molecule has 6 N–H and O–H groups in total. The minimum atomic E-state index is 0.0278. The molecule has 0 aliphatic heterocycles. The number of rotatable bonds is 8. The Labute approximate surface area is 129 Å². The van der Waals surface area contributed by atoms with E-state index in [0.29, 0.717) is 26.4 Å². The monoisotopic (exact) mass is 322 g/mol. The summed E-state index contributed by atoms with van der Waals surface area (Å²) in [7, 11) is 0. The maximum absolute atomic E-state index is 8.65. The number of hydrogen-bond donors (Lipinski definition) is 6. The number of phenolic OH excluding ortho intramolecular Hbond substituents is 2. The largest absolute Gasteiger partial charge is 0.508 e. The topological polar surface area (TPSA) is 140 Å². The van der Waals surface area contributed by atoms with Gasteiger partial charge in [-0.05, 0) is 24.3 Å². The van der Waals surface area contributed by atoms with Gasteiger partial charge < -0.3 is 40.1 Å². The third-order valence-corrected chi connectivity index (χ3v) is 1.79. The normalized spacial score (nSPS) is 9.27. The quantitative estimate of drug-likeness (QED) is 0.266. The first kappa shape index (κ1) is 22.9. The summed E-state index contributed by atoms with van der Waals surface area (Å²) in [6.07, 6.45) is 0. The first-order chi connectivity index (χ1) is 10.6. The average Bonchev–Trinajstić information content (AvgIpc) is 2.53. The molecule has 0 aliphatic rings. The molecular weight excluding hydrogens is 296 g/mol. The number of ether oxygens (including phenoxy) is 2. The van der Waals surface area contributed by atoms with E-state index in [0.717, 1.165) is 0 Å². The molecule has 0 fully saturated rings. The van der Waals surface area contributed by atoms with Gasteiger partial charge in [-0.25, -0.2) is 0 Å². The van der Waals surface area contributed by atoms with Crippen LogP contribution < -0.4 is 0 Å². The van der Waals surface area contributed by atoms with Gasteiger partial charge in [0, 0.05) is 0 Å². The summed E-state index contributed by atoms with van der Waals surface area (Å²) in [5.74, 6) is 0.339. The van der Waals surface area contributed by atoms with Gasteiger partial charge in [-0.15, -0.1) is 0 Å². The molecule has 0 atom stereocenters. The molecule has 0 amide bonds. The van der Waals surface area contributed by atoms with Crippen LogP contribution in [0.15, 0.2) is 24.3 Å². The molecule has 8 heteroatoms. The highest BCUT2D eigenvalue weighted by Crippen LogP contribution is 2.13. The molecule has 8 nitrogen and oxygen atoms in total. The lowest BCUT2D eigenvalue weighted by molar-refractivity contribution is 0.0649. The average molecular weight is 322 g/mol. The van der Waals surface area contributed by atoms with Crippen molar-refractivity contribution in [3.63, 3.8) is 0 Å². The number of aliphatic hydroxyl groups is 4. The van der Waals surface area contributed by atoms with Gasteiger partial charge in [-0.1, -0.05) is 0 Å². The summed E-state index contributed by atoms with van der Waals surface area (Å²) in [5.41, 5.74) is 0. The van der Waals surface area contributed by atoms with Crippen molar-refractivity contribution < 1.29 is 40.1 Å². The van der Waals surface area contributed by atoms with E-state index in [1.165, 1.54) is 24.3 Å². The number of aromatic hydroxyl groups is 2. The van der Waals surface area contributed by atoms with E-state index in [2.05, 4.69) is 9.47 Å². The number of aliphatic hydroxyl groups excluding tert-OH is 4. The molecule has 0 unspecified atom stereocenters. The van der Waals surface area contributed by atoms with Crippen LogP contribution in [0.1, 0.15) is 0 Å². The highest BCUT2D eigenvalue weighted by Gasteiger charge is 1.84. The van der Waals surface area contributed by atoms with Crippen molar-refractivity contribution in [2.24, 2.45) is 0 Å². The molecule has 1 aromatic rings. The maximum Gasteiger partial charge on any atom is 0.115 e. The molecule has 1 aromatic carbocycles. The zero-order chi connectivity index (χ0) is 17.1. The molecule has 0 saturated carbocycles. The highest BCUT2D eigenvalue weighted by molar-refractivity contribution is 5.28. The zero-order valence-corrected chi connectivity index (χ0v) is 12.5. The summed E-state index contributed by atoms with van der Waals surface area (Å²) in [6, 6.07) is 5.70. The van der Waals surface area contributed by atoms with Gasteiger partial charge in [-0.2, -0.15) is 0 Å². The Morgan fingerprint density at radius 2 is 0.773 bits per heavy atom. The van der Waals surface area contributed by atoms with Crippen LogP contribution in [0, 0.1) is 0 Å². The number of benzene rings is 1. The molecule has 0 heterocycles. The lowest BCUT2D eigenvalue weighted by Crippen LogP contribution is -2.03. The number of phenols is 2. The van der Waals surface area contributed by atoms with Crippen molar-refractivity contribution in [2.75, 3.05) is 52.9 Å². The van der Waals surface area contributed by atoms with Crippen molar-refractivity contribution in [2.45, 2.75) is 0 Å². The van der Waals surface area contributed by atoms with Crippen molar-refractivity contribution in [1.29, 1.82) is 0 Å². The van der Waals surface area contributed by atoms with Crippen molar-refractivity contribution in [3.8, 4) is 11.5 Å². The second-order valence-electron chi connectivity index (χ2n) is 3.64. The minimum Gasteiger partial charge on any atom is -0.508 e. The first-order valence-electron chi connectivity index (χ1n) is 6.69. The van der Waals surface area contributed by atoms with Crippen LogP contribution in [0.4, 0.5) is 0 Å². The summed E-state index contributed by atoms with van der Waals surface area (Å²) in [4.78, 5) is 0. The van der Waals surface area contributed by atoms with Gasteiger partial charge in [0.25, 0.3) is 0 Å². The smallest absolute Gasteiger partial charge is 0.115 e. The van der Waals surface area contributed by atoms with E-state index in [4.69, 9.17) is 30.6 Å². The third kappa shape index (κ3) is 20.9. The Morgan fingerprint density at radius 1 is 0.545 bits per heavy atom. The highest BCUT2D eigenvalue weighted by atomic mass is 16.5. The summed E-state index contributed by atoms with van der Waals surface area (Å²) in [5, 5.41) is 49.6. The van der Waals surface area contributed by atoms with Gasteiger partial charge in [0.15, 0.2) is 0 Å². The molecular formula is C14H26O8. The van der Waals surface area contributed by atoms with Crippen LogP contribution in [0.3, 0.4) is 0 Å². The fraction of sp³-hybridized carbons (Fsp3) is 0.571. The van der Waals surface area contributed by atoms with Crippen LogP contribution in [-0.4, -0.2) is 83.5 Å². The maximum atomic E-state index is 8.65. The van der Waals surface area contributed by atoms with Gasteiger partial charge in [0.1, 0.15) is 11.5 Å². The minimum absolute atomic E-state index is 0.0278. The summed E-state index contributed by atoms with van der Waals surface area (Å²) < 4.78 is 9.26. The van der Waals surface area contributed by atoms with Crippen LogP contribution in [-0.2, 0) is 9.47 Å². The van der Waals surface area contributed by atoms with Crippen LogP contribution in [0.5, 0.6) is 11.5 Å². The van der Waals surface area contributed by atoms with Crippen molar-refractivity contribution >= 4 is 0 Å². The molecule has 0 spiro atoms. The molecule has 22 heavy (non-hydrogen) atoms. The number of hydrogen-bond acceptors (Lipinski definition) is 8. The molecule has 0 saturated heterocycles. The fourth-order valence-electron chi connectivity index (χ4n) is 0.915. The lowest BCUT2D eigenvalue weighted by Gasteiger charge is -1.94. The van der Waals surface area contributed by atoms with Crippen molar-refractivity contribution in [3.05, 3.63) is 24.3 Å². The first-order valence-corrected chi connectivity index (χ1v) is 6.69. The fourth-order valence-corrected chi connectivity index (χ4v) is 0.915. The zero-order valence-electron chi connectivity index (χ0n) is 12.5. The van der Waals surface area contributed by atoms with Gasteiger partial charge in [0.2, 0.25) is 0 Å². The molecule has 1 rings (SSSR count). The van der Waals surface area contributed by atoms with E-state index in [9.17, 15) is 0 Å². The van der Waals surface area contributed by atoms with Crippen molar-refractivity contribution in [1.82, 2.24) is 0 Å². The Hall–Kier alpha value is -1.42. The van der Waals surface area contributed by atoms with Gasteiger partial charge in [0.05, 0.1) is 52.9 Å². The van der Waals surface area contributed by atoms with E-state index in [1.54, 1.807) is 0 Å².